The number of aliphatic carboxylic acids is 1. The molecule has 0 aromatic heterocycles. The first-order chi connectivity index (χ1) is 9.71. The molecule has 0 bridgehead atoms. The fraction of sp³-hybridized carbons (Fsp3) is 0.867. The highest BCUT2D eigenvalue weighted by Gasteiger charge is 2.27. The number of nitrogens with one attached hydrogen (secondary N) is 1. The largest absolute Gasteiger partial charge is 0.481 e. The summed E-state index contributed by atoms with van der Waals surface area (Å²) in [5.41, 5.74) is -0.471. The van der Waals surface area contributed by atoms with E-state index in [0.29, 0.717) is 13.1 Å². The van der Waals surface area contributed by atoms with Crippen molar-refractivity contribution in [3.05, 3.63) is 0 Å². The van der Waals surface area contributed by atoms with Crippen molar-refractivity contribution >= 4 is 12.1 Å². The molecule has 0 aromatic rings. The van der Waals surface area contributed by atoms with Crippen LogP contribution in [-0.4, -0.2) is 52.8 Å². The number of carboxylic acid groups (broad SMARTS) is 1. The van der Waals surface area contributed by atoms with Gasteiger partial charge in [0.05, 0.1) is 6.42 Å². The summed E-state index contributed by atoms with van der Waals surface area (Å²) in [6.45, 7) is 8.85. The maximum Gasteiger partial charge on any atom is 0.410 e. The van der Waals surface area contributed by atoms with Crippen molar-refractivity contribution in [1.29, 1.82) is 0 Å². The van der Waals surface area contributed by atoms with E-state index in [1.54, 1.807) is 4.90 Å². The molecule has 1 saturated heterocycles. The summed E-state index contributed by atoms with van der Waals surface area (Å²) in [6, 6.07) is 0.272. The molecule has 6 nitrogen and oxygen atoms in total. The number of nitrogens with zero attached hydrogens (tertiary/aromatic N) is 1. The van der Waals surface area contributed by atoms with Gasteiger partial charge in [0.15, 0.2) is 0 Å². The van der Waals surface area contributed by atoms with Crippen LogP contribution >= 0.6 is 0 Å². The fourth-order valence-corrected chi connectivity index (χ4v) is 2.42. The van der Waals surface area contributed by atoms with Gasteiger partial charge in [0.25, 0.3) is 0 Å². The van der Waals surface area contributed by atoms with E-state index in [1.165, 1.54) is 0 Å². The van der Waals surface area contributed by atoms with Crippen LogP contribution in [-0.2, 0) is 9.53 Å². The van der Waals surface area contributed by atoms with Crippen LogP contribution in [0, 0.1) is 0 Å². The Bertz CT molecular complexity index is 357. The zero-order valence-electron chi connectivity index (χ0n) is 13.5. The Labute approximate surface area is 126 Å². The Morgan fingerprint density at radius 3 is 2.33 bits per heavy atom. The molecule has 0 unspecified atom stereocenters. The van der Waals surface area contributed by atoms with Crippen LogP contribution in [0.3, 0.4) is 0 Å². The number of rotatable bonds is 5. The highest BCUT2D eigenvalue weighted by Crippen LogP contribution is 2.16. The molecule has 0 aromatic carbocycles. The Morgan fingerprint density at radius 1 is 1.33 bits per heavy atom. The van der Waals surface area contributed by atoms with Gasteiger partial charge in [0.1, 0.15) is 5.60 Å². The van der Waals surface area contributed by atoms with Crippen LogP contribution in [0.25, 0.3) is 0 Å². The second-order valence-electron chi connectivity index (χ2n) is 6.61. The monoisotopic (exact) mass is 300 g/mol. The molecule has 1 atom stereocenters. The first-order valence-corrected chi connectivity index (χ1v) is 7.67. The maximum atomic E-state index is 11.9. The molecule has 1 amide bonds. The molecule has 1 heterocycles. The van der Waals surface area contributed by atoms with Crippen LogP contribution in [0.4, 0.5) is 4.79 Å². The van der Waals surface area contributed by atoms with Gasteiger partial charge in [-0.3, -0.25) is 4.79 Å². The molecule has 1 fully saturated rings. The molecule has 2 N–H and O–H groups in total. The average Bonchev–Trinajstić information content (AvgIpc) is 2.36. The quantitative estimate of drug-likeness (QED) is 0.814. The van der Waals surface area contributed by atoms with E-state index in [0.717, 1.165) is 19.3 Å². The Hall–Kier alpha value is -1.30. The predicted molar refractivity (Wildman–Crippen MR) is 80.3 cm³/mol. The van der Waals surface area contributed by atoms with Crippen molar-refractivity contribution in [1.82, 2.24) is 10.2 Å². The molecule has 122 valence electrons. The molecule has 6 heteroatoms. The summed E-state index contributed by atoms with van der Waals surface area (Å²) in [6.07, 6.45) is 2.32. The second-order valence-corrected chi connectivity index (χ2v) is 6.61. The standard InChI is InChI=1S/C15H28N2O4/c1-5-11(10-13(18)19)16-12-6-8-17(9-7-12)14(20)21-15(2,3)4/h11-12,16H,5-10H2,1-4H3,(H,18,19)/t11-/m0/s1. The molecule has 1 aliphatic heterocycles. The van der Waals surface area contributed by atoms with Gasteiger partial charge in [-0.05, 0) is 40.0 Å². The topological polar surface area (TPSA) is 78.9 Å². The van der Waals surface area contributed by atoms with Gasteiger partial charge in [0.2, 0.25) is 0 Å². The van der Waals surface area contributed by atoms with E-state index in [9.17, 15) is 9.59 Å². The molecular weight excluding hydrogens is 272 g/mol. The predicted octanol–water partition coefficient (Wildman–Crippen LogP) is 2.23. The highest BCUT2D eigenvalue weighted by atomic mass is 16.6. The minimum atomic E-state index is -0.777. The van der Waals surface area contributed by atoms with Crippen molar-refractivity contribution < 1.29 is 19.4 Å². The van der Waals surface area contributed by atoms with Crippen LogP contribution < -0.4 is 5.32 Å². The van der Waals surface area contributed by atoms with E-state index < -0.39 is 11.6 Å². The third kappa shape index (κ3) is 6.80. The lowest BCUT2D eigenvalue weighted by Crippen LogP contribution is -2.49. The number of carboxylic acids is 1. The van der Waals surface area contributed by atoms with Gasteiger partial charge < -0.3 is 20.1 Å². The van der Waals surface area contributed by atoms with Gasteiger partial charge in [0, 0.05) is 25.2 Å². The first-order valence-electron chi connectivity index (χ1n) is 7.67. The van der Waals surface area contributed by atoms with Crippen molar-refractivity contribution in [2.45, 2.75) is 71.1 Å². The van der Waals surface area contributed by atoms with Crippen molar-refractivity contribution in [2.24, 2.45) is 0 Å². The summed E-state index contributed by atoms with van der Waals surface area (Å²) in [5, 5.41) is 12.2. The molecule has 0 aliphatic carbocycles. The van der Waals surface area contributed by atoms with Crippen LogP contribution in [0.5, 0.6) is 0 Å². The zero-order chi connectivity index (χ0) is 16.0. The van der Waals surface area contributed by atoms with Gasteiger partial charge in [-0.15, -0.1) is 0 Å². The van der Waals surface area contributed by atoms with E-state index >= 15 is 0 Å². The number of carbonyl (C=O) groups excluding carboxylic acids is 1. The minimum absolute atomic E-state index is 0.000534. The molecule has 1 aliphatic rings. The molecular formula is C15H28N2O4. The van der Waals surface area contributed by atoms with Gasteiger partial charge in [-0.2, -0.15) is 0 Å². The maximum absolute atomic E-state index is 11.9. The average molecular weight is 300 g/mol. The summed E-state index contributed by atoms with van der Waals surface area (Å²) in [4.78, 5) is 24.4. The zero-order valence-corrected chi connectivity index (χ0v) is 13.5. The van der Waals surface area contributed by atoms with Crippen molar-refractivity contribution in [2.75, 3.05) is 13.1 Å². The number of hydrogen-bond donors (Lipinski definition) is 2. The third-order valence-corrected chi connectivity index (χ3v) is 3.53. The Balaban J connectivity index is 2.38. The number of piperidine rings is 1. The minimum Gasteiger partial charge on any atom is -0.481 e. The van der Waals surface area contributed by atoms with Gasteiger partial charge in [-0.1, -0.05) is 6.92 Å². The van der Waals surface area contributed by atoms with E-state index in [4.69, 9.17) is 9.84 Å². The van der Waals surface area contributed by atoms with Crippen LogP contribution in [0.2, 0.25) is 0 Å². The van der Waals surface area contributed by atoms with Crippen molar-refractivity contribution in [3.63, 3.8) is 0 Å². The van der Waals surface area contributed by atoms with E-state index in [2.05, 4.69) is 5.32 Å². The molecule has 1 rings (SSSR count). The molecule has 0 radical (unpaired) electrons. The normalized spacial score (nSPS) is 18.4. The van der Waals surface area contributed by atoms with Crippen LogP contribution in [0.15, 0.2) is 0 Å². The van der Waals surface area contributed by atoms with Crippen LogP contribution in [0.1, 0.15) is 53.4 Å². The van der Waals surface area contributed by atoms with Gasteiger partial charge in [-0.25, -0.2) is 4.79 Å². The summed E-state index contributed by atoms with van der Waals surface area (Å²) in [7, 11) is 0. The molecule has 0 saturated carbocycles. The third-order valence-electron chi connectivity index (χ3n) is 3.53. The first kappa shape index (κ1) is 17.8. The lowest BCUT2D eigenvalue weighted by Gasteiger charge is -2.35. The number of amides is 1. The smallest absolute Gasteiger partial charge is 0.410 e. The Kier molecular flexibility index (Phi) is 6.45. The van der Waals surface area contributed by atoms with E-state index in [1.807, 2.05) is 27.7 Å². The number of ether oxygens (including phenoxy) is 1. The lowest BCUT2D eigenvalue weighted by molar-refractivity contribution is -0.137. The van der Waals surface area contributed by atoms with Gasteiger partial charge >= 0.3 is 12.1 Å². The number of carbonyl (C=O) groups is 2. The summed E-state index contributed by atoms with van der Waals surface area (Å²) in [5.74, 6) is -0.777. The summed E-state index contributed by atoms with van der Waals surface area (Å²) >= 11 is 0. The fourth-order valence-electron chi connectivity index (χ4n) is 2.42. The number of likely N-dealkylation sites (tertiary alicyclic amines) is 1. The lowest BCUT2D eigenvalue weighted by atomic mass is 10.0. The SMILES string of the molecule is CC[C@@H](CC(=O)O)NC1CCN(C(=O)OC(C)(C)C)CC1. The summed E-state index contributed by atoms with van der Waals surface area (Å²) < 4.78 is 5.36. The Morgan fingerprint density at radius 2 is 1.90 bits per heavy atom. The molecule has 21 heavy (non-hydrogen) atoms. The highest BCUT2D eigenvalue weighted by molar-refractivity contribution is 5.68. The van der Waals surface area contributed by atoms with E-state index in [-0.39, 0.29) is 24.6 Å². The van der Waals surface area contributed by atoms with Crippen molar-refractivity contribution in [3.8, 4) is 0 Å². The second kappa shape index (κ2) is 7.64. The number of hydrogen-bond acceptors (Lipinski definition) is 4. The molecule has 0 spiro atoms.